The Bertz CT molecular complexity index is 306. The van der Waals surface area contributed by atoms with E-state index in [9.17, 15) is 0 Å². The van der Waals surface area contributed by atoms with Crippen LogP contribution in [0.2, 0.25) is 0 Å². The molecule has 0 saturated carbocycles. The summed E-state index contributed by atoms with van der Waals surface area (Å²) in [5.74, 6) is 2.85. The van der Waals surface area contributed by atoms with Crippen LogP contribution >= 0.6 is 0 Å². The standard InChI is InChI=1S/C15H27NO/c1-5-7-12(3)11-14(16-10-6-2)15-9-8-13(4)17-15/h8-9,12,14,16H,5-7,10-11H2,1-4H3. The lowest BCUT2D eigenvalue weighted by atomic mass is 9.96. The van der Waals surface area contributed by atoms with E-state index in [4.69, 9.17) is 4.42 Å². The summed E-state index contributed by atoms with van der Waals surface area (Å²) < 4.78 is 5.76. The van der Waals surface area contributed by atoms with Crippen molar-refractivity contribution in [1.82, 2.24) is 5.32 Å². The van der Waals surface area contributed by atoms with Crippen LogP contribution < -0.4 is 5.32 Å². The maximum atomic E-state index is 5.76. The molecule has 0 amide bonds. The second kappa shape index (κ2) is 7.54. The van der Waals surface area contributed by atoms with Crippen molar-refractivity contribution in [2.45, 2.75) is 59.4 Å². The molecule has 17 heavy (non-hydrogen) atoms. The Morgan fingerprint density at radius 2 is 2.00 bits per heavy atom. The van der Waals surface area contributed by atoms with Crippen molar-refractivity contribution >= 4 is 0 Å². The molecule has 2 unspecified atom stereocenters. The van der Waals surface area contributed by atoms with E-state index < -0.39 is 0 Å². The van der Waals surface area contributed by atoms with Crippen LogP contribution in [0.3, 0.4) is 0 Å². The van der Waals surface area contributed by atoms with E-state index in [1.54, 1.807) is 0 Å². The Labute approximate surface area is 106 Å². The molecule has 0 fully saturated rings. The third-order valence-electron chi connectivity index (χ3n) is 3.16. The zero-order valence-corrected chi connectivity index (χ0v) is 11.8. The van der Waals surface area contributed by atoms with Gasteiger partial charge in [0.05, 0.1) is 6.04 Å². The maximum Gasteiger partial charge on any atom is 0.121 e. The molecule has 0 radical (unpaired) electrons. The molecule has 0 aliphatic heterocycles. The Morgan fingerprint density at radius 3 is 2.53 bits per heavy atom. The summed E-state index contributed by atoms with van der Waals surface area (Å²) in [6.45, 7) is 9.86. The highest BCUT2D eigenvalue weighted by molar-refractivity contribution is 5.09. The Morgan fingerprint density at radius 1 is 1.24 bits per heavy atom. The van der Waals surface area contributed by atoms with Gasteiger partial charge in [0.25, 0.3) is 0 Å². The number of rotatable bonds is 8. The van der Waals surface area contributed by atoms with Crippen LogP contribution in [0.5, 0.6) is 0 Å². The van der Waals surface area contributed by atoms with E-state index in [0.717, 1.165) is 24.0 Å². The first-order valence-corrected chi connectivity index (χ1v) is 6.97. The first kappa shape index (κ1) is 14.3. The summed E-state index contributed by atoms with van der Waals surface area (Å²) in [4.78, 5) is 0. The summed E-state index contributed by atoms with van der Waals surface area (Å²) >= 11 is 0. The molecule has 1 heterocycles. The van der Waals surface area contributed by atoms with Crippen LogP contribution in [0.15, 0.2) is 16.5 Å². The molecule has 0 spiro atoms. The Kier molecular flexibility index (Phi) is 6.35. The highest BCUT2D eigenvalue weighted by Crippen LogP contribution is 2.25. The minimum Gasteiger partial charge on any atom is -0.465 e. The van der Waals surface area contributed by atoms with Crippen LogP contribution in [-0.2, 0) is 0 Å². The minimum atomic E-state index is 0.380. The highest BCUT2D eigenvalue weighted by Gasteiger charge is 2.17. The van der Waals surface area contributed by atoms with Crippen LogP contribution in [0.25, 0.3) is 0 Å². The predicted octanol–water partition coefficient (Wildman–Crippen LogP) is 4.46. The third-order valence-corrected chi connectivity index (χ3v) is 3.16. The second-order valence-electron chi connectivity index (χ2n) is 5.08. The lowest BCUT2D eigenvalue weighted by Crippen LogP contribution is -2.23. The van der Waals surface area contributed by atoms with Gasteiger partial charge in [0, 0.05) is 0 Å². The molecule has 0 aromatic carbocycles. The molecule has 0 bridgehead atoms. The number of hydrogen-bond acceptors (Lipinski definition) is 2. The molecule has 2 atom stereocenters. The summed E-state index contributed by atoms with van der Waals surface area (Å²) in [6.07, 6.45) is 4.89. The van der Waals surface area contributed by atoms with Gasteiger partial charge in [-0.2, -0.15) is 0 Å². The minimum absolute atomic E-state index is 0.380. The van der Waals surface area contributed by atoms with E-state index in [2.05, 4.69) is 38.2 Å². The van der Waals surface area contributed by atoms with Crippen LogP contribution in [0.1, 0.15) is 64.0 Å². The van der Waals surface area contributed by atoms with Crippen molar-refractivity contribution in [3.63, 3.8) is 0 Å². The van der Waals surface area contributed by atoms with Crippen molar-refractivity contribution in [3.05, 3.63) is 23.7 Å². The zero-order valence-electron chi connectivity index (χ0n) is 11.8. The van der Waals surface area contributed by atoms with Crippen LogP contribution in [0.4, 0.5) is 0 Å². The van der Waals surface area contributed by atoms with E-state index in [-0.39, 0.29) is 0 Å². The van der Waals surface area contributed by atoms with E-state index in [1.165, 1.54) is 25.7 Å². The van der Waals surface area contributed by atoms with E-state index in [1.807, 2.05) is 6.92 Å². The normalized spacial score (nSPS) is 14.8. The lowest BCUT2D eigenvalue weighted by Gasteiger charge is -2.20. The fourth-order valence-corrected chi connectivity index (χ4v) is 2.27. The molecular formula is C15H27NO. The highest BCUT2D eigenvalue weighted by atomic mass is 16.3. The van der Waals surface area contributed by atoms with Gasteiger partial charge in [-0.15, -0.1) is 0 Å². The fourth-order valence-electron chi connectivity index (χ4n) is 2.27. The average molecular weight is 237 g/mol. The van der Waals surface area contributed by atoms with Gasteiger partial charge in [0.15, 0.2) is 0 Å². The molecule has 0 aliphatic carbocycles. The van der Waals surface area contributed by atoms with Gasteiger partial charge >= 0.3 is 0 Å². The number of hydrogen-bond donors (Lipinski definition) is 1. The molecule has 1 aromatic heterocycles. The van der Waals surface area contributed by atoms with E-state index >= 15 is 0 Å². The Hall–Kier alpha value is -0.760. The summed E-state index contributed by atoms with van der Waals surface area (Å²) in [5, 5.41) is 3.59. The first-order valence-electron chi connectivity index (χ1n) is 6.97. The van der Waals surface area contributed by atoms with E-state index in [0.29, 0.717) is 6.04 Å². The SMILES string of the molecule is CCCNC(CC(C)CCC)c1ccc(C)o1. The smallest absolute Gasteiger partial charge is 0.121 e. The second-order valence-corrected chi connectivity index (χ2v) is 5.08. The van der Waals surface area contributed by atoms with Crippen molar-refractivity contribution in [2.24, 2.45) is 5.92 Å². The number of nitrogens with one attached hydrogen (secondary N) is 1. The zero-order chi connectivity index (χ0) is 12.7. The monoisotopic (exact) mass is 237 g/mol. The van der Waals surface area contributed by atoms with Gasteiger partial charge in [-0.1, -0.05) is 33.6 Å². The lowest BCUT2D eigenvalue weighted by molar-refractivity contribution is 0.335. The summed E-state index contributed by atoms with van der Waals surface area (Å²) in [5.41, 5.74) is 0. The van der Waals surface area contributed by atoms with Crippen molar-refractivity contribution < 1.29 is 4.42 Å². The first-order chi connectivity index (χ1) is 8.17. The van der Waals surface area contributed by atoms with Gasteiger partial charge in [-0.3, -0.25) is 0 Å². The molecule has 98 valence electrons. The maximum absolute atomic E-state index is 5.76. The topological polar surface area (TPSA) is 25.2 Å². The molecule has 0 saturated heterocycles. The average Bonchev–Trinajstić information content (AvgIpc) is 2.71. The molecule has 1 N–H and O–H groups in total. The molecule has 0 aliphatic rings. The Balaban J connectivity index is 2.60. The summed E-state index contributed by atoms with van der Waals surface area (Å²) in [6, 6.07) is 4.55. The van der Waals surface area contributed by atoms with Gasteiger partial charge in [-0.05, 0) is 44.4 Å². The third kappa shape index (κ3) is 4.95. The van der Waals surface area contributed by atoms with Crippen LogP contribution in [0, 0.1) is 12.8 Å². The fraction of sp³-hybridized carbons (Fsp3) is 0.733. The molecule has 1 rings (SSSR count). The van der Waals surface area contributed by atoms with Crippen molar-refractivity contribution in [1.29, 1.82) is 0 Å². The largest absolute Gasteiger partial charge is 0.465 e. The van der Waals surface area contributed by atoms with Gasteiger partial charge in [0.2, 0.25) is 0 Å². The molecular weight excluding hydrogens is 210 g/mol. The molecule has 2 nitrogen and oxygen atoms in total. The van der Waals surface area contributed by atoms with Crippen molar-refractivity contribution in [3.8, 4) is 0 Å². The number of aryl methyl sites for hydroxylation is 1. The van der Waals surface area contributed by atoms with Crippen LogP contribution in [-0.4, -0.2) is 6.54 Å². The van der Waals surface area contributed by atoms with Crippen molar-refractivity contribution in [2.75, 3.05) is 6.54 Å². The van der Waals surface area contributed by atoms with Gasteiger partial charge in [0.1, 0.15) is 11.5 Å². The molecule has 2 heteroatoms. The molecule has 1 aromatic rings. The number of furan rings is 1. The van der Waals surface area contributed by atoms with Gasteiger partial charge in [-0.25, -0.2) is 0 Å². The van der Waals surface area contributed by atoms with Gasteiger partial charge < -0.3 is 9.73 Å². The predicted molar refractivity (Wildman–Crippen MR) is 73.2 cm³/mol. The quantitative estimate of drug-likeness (QED) is 0.722. The summed E-state index contributed by atoms with van der Waals surface area (Å²) in [7, 11) is 0.